The minimum atomic E-state index is -2.07. The Labute approximate surface area is 331 Å². The minimum absolute atomic E-state index is 0.00855. The number of amides is 1. The van der Waals surface area contributed by atoms with Crippen molar-refractivity contribution in [2.45, 2.75) is 92.5 Å². The molecule has 9 unspecified atom stereocenters. The van der Waals surface area contributed by atoms with E-state index in [1.54, 1.807) is 46.8 Å². The van der Waals surface area contributed by atoms with Crippen molar-refractivity contribution in [1.29, 1.82) is 0 Å². The number of oxime groups is 1. The number of Topliss-reactive ketones (excluding diaryl/α,β-unsaturated/α-hetero) is 1. The highest BCUT2D eigenvalue weighted by Gasteiger charge is 2.50. The summed E-state index contributed by atoms with van der Waals surface area (Å²) < 4.78 is 23.4. The van der Waals surface area contributed by atoms with Crippen molar-refractivity contribution in [2.24, 2.45) is 28.8 Å². The van der Waals surface area contributed by atoms with E-state index in [0.717, 1.165) is 6.21 Å². The molecule has 0 spiro atoms. The number of esters is 1. The van der Waals surface area contributed by atoms with Gasteiger partial charge in [-0.3, -0.25) is 14.4 Å². The monoisotopic (exact) mass is 794 g/mol. The van der Waals surface area contributed by atoms with Crippen LogP contribution < -0.4 is 10.1 Å². The average molecular weight is 795 g/mol. The SMILES string of the molecule is C=C(C)CO/N=C/c1c2c(O)c3c(O)c(C)c4c(c3c1O)C(=O)C(C)(O/C=C/C(OC)C(C)C(OC(C)=O)C(C)C(O)C(C)C(O)C(C)/C=C/C=C(/C)C(=O)N2)O4. The number of nitrogens with one attached hydrogen (secondary N) is 1. The summed E-state index contributed by atoms with van der Waals surface area (Å²) >= 11 is 0. The number of fused-ring (bicyclic) bond motifs is 14. The van der Waals surface area contributed by atoms with Crippen molar-refractivity contribution >= 4 is 40.3 Å². The van der Waals surface area contributed by atoms with E-state index in [0.29, 0.717) is 5.57 Å². The lowest BCUT2D eigenvalue weighted by Gasteiger charge is -2.38. The van der Waals surface area contributed by atoms with E-state index in [9.17, 15) is 39.9 Å². The van der Waals surface area contributed by atoms with E-state index in [1.165, 1.54) is 53.2 Å². The van der Waals surface area contributed by atoms with Gasteiger partial charge in [-0.05, 0) is 32.4 Å². The number of rotatable bonds is 6. The topological polar surface area (TPSA) is 223 Å². The van der Waals surface area contributed by atoms with Crippen LogP contribution in [0.1, 0.15) is 76.9 Å². The number of ketones is 1. The molecule has 0 saturated carbocycles. The summed E-state index contributed by atoms with van der Waals surface area (Å²) in [6.45, 7) is 17.8. The van der Waals surface area contributed by atoms with Crippen molar-refractivity contribution in [3.63, 3.8) is 0 Å². The standard InChI is InChI=1S/C42H54N2O13/c1-19(2)18-55-43-17-27-32-37(50)30-29(36(27)49)31-39(25(8)35(30)48)57-42(10,40(31)51)54-16-15-28(53-11)22(5)38(56-26(9)45)24(7)34(47)23(6)33(46)20(3)13-12-14-21(4)41(52)44-32/h12-17,20,22-24,28,33-34,38,46-50H,1,18H2,2-11H3,(H,44,52)/b13-12+,16-15+,21-14-,43-17+. The van der Waals surface area contributed by atoms with Crippen LogP contribution in [-0.4, -0.2) is 93.3 Å². The van der Waals surface area contributed by atoms with Gasteiger partial charge < -0.3 is 54.6 Å². The number of carbonyl (C=O) groups is 3. The van der Waals surface area contributed by atoms with Crippen molar-refractivity contribution in [2.75, 3.05) is 19.0 Å². The number of nitrogens with zero attached hydrogens (tertiary/aromatic N) is 1. The molecular weight excluding hydrogens is 740 g/mol. The molecular formula is C42H54N2O13. The van der Waals surface area contributed by atoms with Gasteiger partial charge in [0.2, 0.25) is 0 Å². The molecule has 0 radical (unpaired) electrons. The zero-order valence-corrected chi connectivity index (χ0v) is 33.9. The van der Waals surface area contributed by atoms with Gasteiger partial charge in [0.15, 0.2) is 5.75 Å². The fourth-order valence-corrected chi connectivity index (χ4v) is 7.11. The second-order valence-electron chi connectivity index (χ2n) is 15.1. The maximum atomic E-state index is 14.3. The molecule has 2 aromatic rings. The number of phenolic OH excluding ortho intramolecular Hbond substituents is 3. The molecule has 3 heterocycles. The molecule has 1 amide bonds. The zero-order valence-electron chi connectivity index (χ0n) is 33.9. The van der Waals surface area contributed by atoms with E-state index in [4.69, 9.17) is 23.8 Å². The van der Waals surface area contributed by atoms with Gasteiger partial charge >= 0.3 is 11.8 Å². The first kappa shape index (κ1) is 44.3. The van der Waals surface area contributed by atoms with E-state index < -0.39 is 88.8 Å². The lowest BCUT2D eigenvalue weighted by atomic mass is 9.78. The molecule has 57 heavy (non-hydrogen) atoms. The van der Waals surface area contributed by atoms with Gasteiger partial charge in [0.25, 0.3) is 11.7 Å². The molecule has 5 bridgehead atoms. The molecule has 5 rings (SSSR count). The number of hydrogen-bond donors (Lipinski definition) is 6. The molecule has 15 heteroatoms. The largest absolute Gasteiger partial charge is 0.507 e. The number of methoxy groups -OCH3 is 1. The van der Waals surface area contributed by atoms with Crippen molar-refractivity contribution in [3.8, 4) is 23.0 Å². The Morgan fingerprint density at radius 2 is 1.65 bits per heavy atom. The van der Waals surface area contributed by atoms with E-state index in [2.05, 4.69) is 17.1 Å². The molecule has 310 valence electrons. The van der Waals surface area contributed by atoms with E-state index >= 15 is 0 Å². The van der Waals surface area contributed by atoms with E-state index in [1.807, 2.05) is 0 Å². The second kappa shape index (κ2) is 17.8. The average Bonchev–Trinajstić information content (AvgIpc) is 3.42. The maximum absolute atomic E-state index is 14.3. The predicted molar refractivity (Wildman–Crippen MR) is 212 cm³/mol. The molecule has 6 N–H and O–H groups in total. The van der Waals surface area contributed by atoms with Crippen molar-refractivity contribution in [1.82, 2.24) is 0 Å². The number of benzene rings is 2. The van der Waals surface area contributed by atoms with Crippen LogP contribution in [0.4, 0.5) is 5.69 Å². The second-order valence-corrected chi connectivity index (χ2v) is 15.1. The Balaban J connectivity index is 1.97. The highest BCUT2D eigenvalue weighted by Crippen LogP contribution is 2.55. The lowest BCUT2D eigenvalue weighted by molar-refractivity contribution is -0.160. The molecule has 0 aromatic heterocycles. The van der Waals surface area contributed by atoms with Crippen LogP contribution in [0.3, 0.4) is 0 Å². The van der Waals surface area contributed by atoms with Gasteiger partial charge in [0.05, 0.1) is 53.0 Å². The van der Waals surface area contributed by atoms with Gasteiger partial charge in [-0.2, -0.15) is 0 Å². The molecule has 0 fully saturated rings. The fraction of sp³-hybridized carbons (Fsp3) is 0.476. The normalized spacial score (nSPS) is 30.6. The van der Waals surface area contributed by atoms with Crippen LogP contribution in [0.15, 0.2) is 53.4 Å². The highest BCUT2D eigenvalue weighted by atomic mass is 16.7. The van der Waals surface area contributed by atoms with Gasteiger partial charge in [-0.1, -0.05) is 57.7 Å². The third kappa shape index (κ3) is 8.95. The molecule has 3 aliphatic heterocycles. The predicted octanol–water partition coefficient (Wildman–Crippen LogP) is 5.68. The summed E-state index contributed by atoms with van der Waals surface area (Å²) in [5.41, 5.74) is -0.0568. The third-order valence-corrected chi connectivity index (χ3v) is 10.6. The minimum Gasteiger partial charge on any atom is -0.507 e. The number of hydrogen-bond acceptors (Lipinski definition) is 14. The quantitative estimate of drug-likeness (QED) is 0.0518. The Hall–Kier alpha value is -5.38. The summed E-state index contributed by atoms with van der Waals surface area (Å²) in [7, 11) is 1.42. The third-order valence-electron chi connectivity index (χ3n) is 10.6. The number of ether oxygens (including phenoxy) is 4. The van der Waals surface area contributed by atoms with Crippen LogP contribution in [-0.2, 0) is 28.6 Å². The smallest absolute Gasteiger partial charge is 0.312 e. The zero-order chi connectivity index (χ0) is 42.7. The Morgan fingerprint density at radius 1 is 0.982 bits per heavy atom. The lowest BCUT2D eigenvalue weighted by Crippen LogP contribution is -2.46. The van der Waals surface area contributed by atoms with Crippen molar-refractivity contribution < 1.29 is 63.7 Å². The maximum Gasteiger partial charge on any atom is 0.312 e. The summed E-state index contributed by atoms with van der Waals surface area (Å²) in [6, 6.07) is 0. The first-order chi connectivity index (χ1) is 26.7. The number of anilines is 1. The van der Waals surface area contributed by atoms with Crippen LogP contribution in [0.2, 0.25) is 0 Å². The summed E-state index contributed by atoms with van der Waals surface area (Å²) in [5, 5.41) is 63.6. The van der Waals surface area contributed by atoms with Crippen LogP contribution in [0, 0.1) is 30.6 Å². The number of allylic oxidation sites excluding steroid dienone is 2. The van der Waals surface area contributed by atoms with Gasteiger partial charge in [0.1, 0.15) is 30.0 Å². The molecule has 2 aromatic carbocycles. The Bertz CT molecular complexity index is 2040. The van der Waals surface area contributed by atoms with Crippen molar-refractivity contribution in [3.05, 3.63) is 65.0 Å². The van der Waals surface area contributed by atoms with E-state index in [-0.39, 0.29) is 51.1 Å². The molecule has 3 aliphatic rings. The van der Waals surface area contributed by atoms with Crippen LogP contribution in [0.25, 0.3) is 10.8 Å². The fourth-order valence-electron chi connectivity index (χ4n) is 7.11. The number of aliphatic hydroxyl groups is 2. The van der Waals surface area contributed by atoms with Gasteiger partial charge in [0, 0.05) is 61.2 Å². The highest BCUT2D eigenvalue weighted by molar-refractivity contribution is 6.23. The number of phenols is 3. The summed E-state index contributed by atoms with van der Waals surface area (Å²) in [5.74, 6) is -8.73. The Kier molecular flexibility index (Phi) is 13.9. The number of aromatic hydroxyl groups is 3. The first-order valence-corrected chi connectivity index (χ1v) is 18.6. The Morgan fingerprint density at radius 3 is 2.26 bits per heavy atom. The van der Waals surface area contributed by atoms with Crippen LogP contribution in [0.5, 0.6) is 23.0 Å². The van der Waals surface area contributed by atoms with Gasteiger partial charge in [-0.15, -0.1) is 0 Å². The summed E-state index contributed by atoms with van der Waals surface area (Å²) in [4.78, 5) is 45.4. The molecule has 0 aliphatic carbocycles. The molecule has 15 nitrogen and oxygen atoms in total. The summed E-state index contributed by atoms with van der Waals surface area (Å²) in [6.07, 6.45) is 4.43. The number of aliphatic hydroxyl groups excluding tert-OH is 2. The molecule has 0 saturated heterocycles. The molecule has 9 atom stereocenters. The number of carbonyl (C=O) groups excluding carboxylic acids is 3. The van der Waals surface area contributed by atoms with Crippen LogP contribution >= 0.6 is 0 Å². The van der Waals surface area contributed by atoms with Gasteiger partial charge in [-0.25, -0.2) is 0 Å². The first-order valence-electron chi connectivity index (χ1n) is 18.6.